The Morgan fingerprint density at radius 2 is 1.71 bits per heavy atom. The van der Waals surface area contributed by atoms with E-state index in [-0.39, 0.29) is 5.41 Å². The monoisotopic (exact) mass is 192 g/mol. The molecule has 0 nitrogen and oxygen atoms in total. The van der Waals surface area contributed by atoms with Crippen molar-refractivity contribution >= 4 is 0 Å². The summed E-state index contributed by atoms with van der Waals surface area (Å²) in [6, 6.07) is 0. The van der Waals surface area contributed by atoms with E-state index >= 15 is 0 Å². The van der Waals surface area contributed by atoms with Crippen molar-refractivity contribution in [3.05, 3.63) is 35.5 Å². The fourth-order valence-corrected chi connectivity index (χ4v) is 1.77. The molecule has 0 aromatic carbocycles. The van der Waals surface area contributed by atoms with Gasteiger partial charge in [0.1, 0.15) is 0 Å². The van der Waals surface area contributed by atoms with Gasteiger partial charge in [-0.05, 0) is 41.0 Å². The summed E-state index contributed by atoms with van der Waals surface area (Å²) >= 11 is 0. The summed E-state index contributed by atoms with van der Waals surface area (Å²) in [6.45, 7) is 17.1. The molecule has 0 aliphatic heterocycles. The van der Waals surface area contributed by atoms with E-state index in [9.17, 15) is 0 Å². The molecule has 0 rings (SSSR count). The van der Waals surface area contributed by atoms with Crippen molar-refractivity contribution in [2.75, 3.05) is 0 Å². The lowest BCUT2D eigenvalue weighted by Gasteiger charge is -2.32. The predicted molar refractivity (Wildman–Crippen MR) is 66.4 cm³/mol. The maximum Gasteiger partial charge on any atom is 0.0123 e. The molecule has 0 saturated heterocycles. The first-order valence-electron chi connectivity index (χ1n) is 5.29. The molecule has 0 aliphatic carbocycles. The van der Waals surface area contributed by atoms with Crippen LogP contribution in [-0.2, 0) is 0 Å². The van der Waals surface area contributed by atoms with E-state index in [1.807, 2.05) is 6.08 Å². The lowest BCUT2D eigenvalue weighted by molar-refractivity contribution is 0.481. The summed E-state index contributed by atoms with van der Waals surface area (Å²) in [5, 5.41) is 0. The van der Waals surface area contributed by atoms with E-state index in [2.05, 4.69) is 54.2 Å². The smallest absolute Gasteiger partial charge is 0.0123 e. The molecule has 0 bridgehead atoms. The molecule has 0 aliphatic rings. The summed E-state index contributed by atoms with van der Waals surface area (Å²) in [7, 11) is 0. The lowest BCUT2D eigenvalue weighted by atomic mass is 9.72. The maximum atomic E-state index is 3.85. The van der Waals surface area contributed by atoms with E-state index in [0.29, 0.717) is 0 Å². The van der Waals surface area contributed by atoms with E-state index in [1.54, 1.807) is 0 Å². The molecular weight excluding hydrogens is 168 g/mol. The SMILES string of the molecule is C=CCC(C)(C(C)=CC)C(C)=C(C)C. The van der Waals surface area contributed by atoms with Crippen LogP contribution < -0.4 is 0 Å². The van der Waals surface area contributed by atoms with Gasteiger partial charge in [-0.25, -0.2) is 0 Å². The molecule has 0 fully saturated rings. The second-order valence-electron chi connectivity index (χ2n) is 4.42. The van der Waals surface area contributed by atoms with Crippen LogP contribution in [0, 0.1) is 5.41 Å². The number of hydrogen-bond acceptors (Lipinski definition) is 0. The quantitative estimate of drug-likeness (QED) is 0.556. The van der Waals surface area contributed by atoms with Gasteiger partial charge in [0.05, 0.1) is 0 Å². The predicted octanol–water partition coefficient (Wildman–Crippen LogP) is 4.89. The molecule has 0 radical (unpaired) electrons. The molecule has 0 heteroatoms. The van der Waals surface area contributed by atoms with Gasteiger partial charge in [0.25, 0.3) is 0 Å². The molecule has 0 saturated carbocycles. The molecule has 0 spiro atoms. The summed E-state index contributed by atoms with van der Waals surface area (Å²) in [4.78, 5) is 0. The Labute approximate surface area is 89.4 Å². The third-order valence-corrected chi connectivity index (χ3v) is 3.43. The zero-order chi connectivity index (χ0) is 11.4. The highest BCUT2D eigenvalue weighted by atomic mass is 14.3. The third-order valence-electron chi connectivity index (χ3n) is 3.43. The van der Waals surface area contributed by atoms with Gasteiger partial charge in [-0.3, -0.25) is 0 Å². The van der Waals surface area contributed by atoms with Crippen LogP contribution in [0.15, 0.2) is 35.5 Å². The number of allylic oxidation sites excluding steroid dienone is 5. The molecule has 0 aromatic rings. The summed E-state index contributed by atoms with van der Waals surface area (Å²) in [5.41, 5.74) is 4.47. The van der Waals surface area contributed by atoms with Crippen LogP contribution in [0.4, 0.5) is 0 Å². The largest absolute Gasteiger partial charge is 0.103 e. The van der Waals surface area contributed by atoms with Crippen molar-refractivity contribution in [2.45, 2.75) is 48.0 Å². The van der Waals surface area contributed by atoms with E-state index in [1.165, 1.54) is 16.7 Å². The van der Waals surface area contributed by atoms with Gasteiger partial charge in [-0.1, -0.05) is 35.8 Å². The van der Waals surface area contributed by atoms with Crippen molar-refractivity contribution in [3.63, 3.8) is 0 Å². The zero-order valence-electron chi connectivity index (χ0n) is 10.6. The highest BCUT2D eigenvalue weighted by molar-refractivity contribution is 5.29. The van der Waals surface area contributed by atoms with Crippen LogP contribution in [-0.4, -0.2) is 0 Å². The number of rotatable bonds is 4. The van der Waals surface area contributed by atoms with Crippen LogP contribution >= 0.6 is 0 Å². The Balaban J connectivity index is 5.31. The minimum Gasteiger partial charge on any atom is -0.103 e. The molecule has 80 valence electrons. The fraction of sp³-hybridized carbons (Fsp3) is 0.571. The first-order valence-corrected chi connectivity index (χ1v) is 5.29. The zero-order valence-corrected chi connectivity index (χ0v) is 10.6. The Morgan fingerprint density at radius 1 is 1.21 bits per heavy atom. The summed E-state index contributed by atoms with van der Waals surface area (Å²) < 4.78 is 0. The van der Waals surface area contributed by atoms with Gasteiger partial charge in [0, 0.05) is 5.41 Å². The summed E-state index contributed by atoms with van der Waals surface area (Å²) in [5.74, 6) is 0. The lowest BCUT2D eigenvalue weighted by Crippen LogP contribution is -2.19. The van der Waals surface area contributed by atoms with Crippen LogP contribution in [0.5, 0.6) is 0 Å². The van der Waals surface area contributed by atoms with E-state index in [4.69, 9.17) is 0 Å². The minimum absolute atomic E-state index is 0.162. The van der Waals surface area contributed by atoms with Gasteiger partial charge in [-0.2, -0.15) is 0 Å². The van der Waals surface area contributed by atoms with E-state index in [0.717, 1.165) is 6.42 Å². The second kappa shape index (κ2) is 5.19. The van der Waals surface area contributed by atoms with Crippen molar-refractivity contribution < 1.29 is 0 Å². The Kier molecular flexibility index (Phi) is 4.90. The topological polar surface area (TPSA) is 0 Å². The molecule has 0 aromatic heterocycles. The summed E-state index contributed by atoms with van der Waals surface area (Å²) in [6.07, 6.45) is 5.23. The van der Waals surface area contributed by atoms with Crippen molar-refractivity contribution in [2.24, 2.45) is 5.41 Å². The first-order chi connectivity index (χ1) is 6.40. The van der Waals surface area contributed by atoms with Gasteiger partial charge in [0.2, 0.25) is 0 Å². The number of hydrogen-bond donors (Lipinski definition) is 0. The van der Waals surface area contributed by atoms with Crippen LogP contribution in [0.1, 0.15) is 48.0 Å². The minimum atomic E-state index is 0.162. The Morgan fingerprint density at radius 3 is 2.00 bits per heavy atom. The van der Waals surface area contributed by atoms with Crippen molar-refractivity contribution in [3.8, 4) is 0 Å². The van der Waals surface area contributed by atoms with Gasteiger partial charge in [-0.15, -0.1) is 6.58 Å². The molecular formula is C14H24. The van der Waals surface area contributed by atoms with Gasteiger partial charge in [0.15, 0.2) is 0 Å². The van der Waals surface area contributed by atoms with Gasteiger partial charge >= 0.3 is 0 Å². The Hall–Kier alpha value is -0.780. The first kappa shape index (κ1) is 13.2. The highest BCUT2D eigenvalue weighted by Gasteiger charge is 2.26. The normalized spacial score (nSPS) is 16.0. The second-order valence-corrected chi connectivity index (χ2v) is 4.42. The van der Waals surface area contributed by atoms with Crippen LogP contribution in [0.25, 0.3) is 0 Å². The van der Waals surface area contributed by atoms with Gasteiger partial charge < -0.3 is 0 Å². The standard InChI is InChI=1S/C14H24/c1-8-10-14(7,12(5)9-2)13(6)11(3)4/h8-9H,1,10H2,2-7H3. The third kappa shape index (κ3) is 2.60. The molecule has 0 heterocycles. The Bertz CT molecular complexity index is 262. The maximum absolute atomic E-state index is 3.85. The fourth-order valence-electron chi connectivity index (χ4n) is 1.77. The molecule has 0 N–H and O–H groups in total. The molecule has 1 unspecified atom stereocenters. The van der Waals surface area contributed by atoms with Crippen molar-refractivity contribution in [1.82, 2.24) is 0 Å². The van der Waals surface area contributed by atoms with Crippen LogP contribution in [0.3, 0.4) is 0 Å². The van der Waals surface area contributed by atoms with Crippen molar-refractivity contribution in [1.29, 1.82) is 0 Å². The molecule has 1 atom stereocenters. The molecule has 0 amide bonds. The highest BCUT2D eigenvalue weighted by Crippen LogP contribution is 2.39. The average Bonchev–Trinajstić information content (AvgIpc) is 2.15. The average molecular weight is 192 g/mol. The van der Waals surface area contributed by atoms with Crippen LogP contribution in [0.2, 0.25) is 0 Å². The van der Waals surface area contributed by atoms with E-state index < -0.39 is 0 Å². The molecule has 14 heavy (non-hydrogen) atoms.